The van der Waals surface area contributed by atoms with Gasteiger partial charge in [-0.1, -0.05) is 6.07 Å². The second kappa shape index (κ2) is 7.35. The van der Waals surface area contributed by atoms with Crippen molar-refractivity contribution < 1.29 is 14.3 Å². The number of carbonyl (C=O) groups is 1. The van der Waals surface area contributed by atoms with Crippen LogP contribution in [0, 0.1) is 6.92 Å². The number of ether oxygens (including phenoxy) is 2. The van der Waals surface area contributed by atoms with Crippen LogP contribution in [0.25, 0.3) is 0 Å². The van der Waals surface area contributed by atoms with Gasteiger partial charge in [-0.3, -0.25) is 4.79 Å². The quantitative estimate of drug-likeness (QED) is 0.823. The Morgan fingerprint density at radius 3 is 2.86 bits per heavy atom. The summed E-state index contributed by atoms with van der Waals surface area (Å²) in [5, 5.41) is 2.69. The van der Waals surface area contributed by atoms with Crippen molar-refractivity contribution in [2.75, 3.05) is 25.6 Å². The first-order valence-electron chi connectivity index (χ1n) is 6.52. The number of rotatable bonds is 6. The first kappa shape index (κ1) is 14.9. The maximum absolute atomic E-state index is 12.2. The molecular weight excluding hydrogens is 270 g/mol. The molecule has 0 fully saturated rings. The molecule has 1 N–H and O–H groups in total. The van der Waals surface area contributed by atoms with Crippen molar-refractivity contribution in [1.82, 2.24) is 9.97 Å². The summed E-state index contributed by atoms with van der Waals surface area (Å²) >= 11 is 0. The van der Waals surface area contributed by atoms with Crippen molar-refractivity contribution in [2.45, 2.75) is 6.92 Å². The maximum atomic E-state index is 12.2. The molecule has 0 atom stereocenters. The number of nitrogens with one attached hydrogen (secondary N) is 1. The number of hydrogen-bond acceptors (Lipinski definition) is 5. The number of amides is 1. The number of anilines is 1. The number of aryl methyl sites for hydroxylation is 1. The second-order valence-electron chi connectivity index (χ2n) is 4.34. The van der Waals surface area contributed by atoms with E-state index in [9.17, 15) is 4.79 Å². The van der Waals surface area contributed by atoms with Gasteiger partial charge in [0.05, 0.1) is 6.61 Å². The lowest BCUT2D eigenvalue weighted by molar-refractivity contribution is 0.102. The summed E-state index contributed by atoms with van der Waals surface area (Å²) in [5.74, 6) is 0.743. The van der Waals surface area contributed by atoms with Gasteiger partial charge >= 0.3 is 0 Å². The van der Waals surface area contributed by atoms with Crippen LogP contribution in [0.1, 0.15) is 16.2 Å². The Kier molecular flexibility index (Phi) is 5.22. The van der Waals surface area contributed by atoms with E-state index >= 15 is 0 Å². The lowest BCUT2D eigenvalue weighted by Gasteiger charge is -2.09. The van der Waals surface area contributed by atoms with Crippen molar-refractivity contribution in [1.29, 1.82) is 0 Å². The normalized spacial score (nSPS) is 10.2. The van der Waals surface area contributed by atoms with E-state index in [1.807, 2.05) is 0 Å². The minimum Gasteiger partial charge on any atom is -0.491 e. The molecular formula is C15H17N3O3. The molecule has 0 aromatic carbocycles. The highest BCUT2D eigenvalue weighted by atomic mass is 16.5. The zero-order valence-electron chi connectivity index (χ0n) is 12.0. The number of pyridine rings is 2. The van der Waals surface area contributed by atoms with Gasteiger partial charge in [-0.05, 0) is 19.1 Å². The Hall–Kier alpha value is -2.47. The van der Waals surface area contributed by atoms with Crippen LogP contribution in [0.3, 0.4) is 0 Å². The van der Waals surface area contributed by atoms with E-state index in [1.165, 1.54) is 0 Å². The maximum Gasteiger partial charge on any atom is 0.275 e. The van der Waals surface area contributed by atoms with Gasteiger partial charge < -0.3 is 14.8 Å². The van der Waals surface area contributed by atoms with E-state index in [2.05, 4.69) is 15.3 Å². The predicted octanol–water partition coefficient (Wildman–Crippen LogP) is 2.06. The highest BCUT2D eigenvalue weighted by Crippen LogP contribution is 2.15. The standard InChI is InChI=1S/C15H17N3O3/c1-11-9-12(21-8-7-20-2)10-13(17-11)15(19)18-14-5-3-4-6-16-14/h3-6,9-10H,7-8H2,1-2H3,(H,16,18,19). The first-order valence-corrected chi connectivity index (χ1v) is 6.52. The monoisotopic (exact) mass is 287 g/mol. The molecule has 2 rings (SSSR count). The third-order valence-corrected chi connectivity index (χ3v) is 2.62. The van der Waals surface area contributed by atoms with E-state index in [1.54, 1.807) is 50.6 Å². The molecule has 0 bridgehead atoms. The van der Waals surface area contributed by atoms with Crippen molar-refractivity contribution in [3.8, 4) is 5.75 Å². The van der Waals surface area contributed by atoms with Crippen LogP contribution >= 0.6 is 0 Å². The van der Waals surface area contributed by atoms with Gasteiger partial charge in [0.1, 0.15) is 23.9 Å². The molecule has 6 nitrogen and oxygen atoms in total. The molecule has 2 aromatic rings. The molecule has 0 aliphatic rings. The Morgan fingerprint density at radius 1 is 1.29 bits per heavy atom. The van der Waals surface area contributed by atoms with Crippen molar-refractivity contribution in [3.63, 3.8) is 0 Å². The van der Waals surface area contributed by atoms with Gasteiger partial charge in [-0.2, -0.15) is 0 Å². The molecule has 21 heavy (non-hydrogen) atoms. The van der Waals surface area contributed by atoms with E-state index in [0.29, 0.717) is 30.5 Å². The Balaban J connectivity index is 2.09. The predicted molar refractivity (Wildman–Crippen MR) is 78.5 cm³/mol. The molecule has 0 saturated carbocycles. The average molecular weight is 287 g/mol. The lowest BCUT2D eigenvalue weighted by Crippen LogP contribution is -2.15. The Bertz CT molecular complexity index is 602. The van der Waals surface area contributed by atoms with Crippen molar-refractivity contribution in [2.24, 2.45) is 0 Å². The fraction of sp³-hybridized carbons (Fsp3) is 0.267. The molecule has 0 aliphatic carbocycles. The fourth-order valence-corrected chi connectivity index (χ4v) is 1.70. The number of carbonyl (C=O) groups excluding carboxylic acids is 1. The van der Waals surface area contributed by atoms with Gasteiger partial charge in [0.2, 0.25) is 0 Å². The Morgan fingerprint density at radius 2 is 2.14 bits per heavy atom. The number of aromatic nitrogens is 2. The SMILES string of the molecule is COCCOc1cc(C)nc(C(=O)Nc2ccccn2)c1. The summed E-state index contributed by atoms with van der Waals surface area (Å²) in [6.45, 7) is 2.71. The smallest absolute Gasteiger partial charge is 0.275 e. The number of methoxy groups -OCH3 is 1. The molecule has 0 spiro atoms. The summed E-state index contributed by atoms with van der Waals surface area (Å²) in [7, 11) is 1.60. The molecule has 0 aliphatic heterocycles. The highest BCUT2D eigenvalue weighted by Gasteiger charge is 2.11. The highest BCUT2D eigenvalue weighted by molar-refractivity contribution is 6.02. The van der Waals surface area contributed by atoms with E-state index in [0.717, 1.165) is 0 Å². The van der Waals surface area contributed by atoms with Crippen LogP contribution in [-0.2, 0) is 4.74 Å². The van der Waals surface area contributed by atoms with E-state index < -0.39 is 0 Å². The van der Waals surface area contributed by atoms with Gasteiger partial charge in [0.25, 0.3) is 5.91 Å². The summed E-state index contributed by atoms with van der Waals surface area (Å²) in [4.78, 5) is 20.4. The zero-order valence-corrected chi connectivity index (χ0v) is 12.0. The van der Waals surface area contributed by atoms with Crippen molar-refractivity contribution >= 4 is 11.7 Å². The summed E-state index contributed by atoms with van der Waals surface area (Å²) < 4.78 is 10.4. The topological polar surface area (TPSA) is 73.3 Å². The van der Waals surface area contributed by atoms with Crippen LogP contribution in [-0.4, -0.2) is 36.2 Å². The van der Waals surface area contributed by atoms with Gasteiger partial charge in [-0.15, -0.1) is 0 Å². The molecule has 0 unspecified atom stereocenters. The Labute approximate surface area is 123 Å². The van der Waals surface area contributed by atoms with Gasteiger partial charge in [0, 0.05) is 31.1 Å². The summed E-state index contributed by atoms with van der Waals surface area (Å²) in [6.07, 6.45) is 1.61. The van der Waals surface area contributed by atoms with Crippen LogP contribution < -0.4 is 10.1 Å². The largest absolute Gasteiger partial charge is 0.491 e. The van der Waals surface area contributed by atoms with Crippen molar-refractivity contribution in [3.05, 3.63) is 47.9 Å². The van der Waals surface area contributed by atoms with Gasteiger partial charge in [-0.25, -0.2) is 9.97 Å². The fourth-order valence-electron chi connectivity index (χ4n) is 1.70. The lowest BCUT2D eigenvalue weighted by atomic mass is 10.2. The molecule has 1 amide bonds. The minimum absolute atomic E-state index is 0.285. The summed E-state index contributed by atoms with van der Waals surface area (Å²) in [5.41, 5.74) is 0.990. The molecule has 2 aromatic heterocycles. The van der Waals surface area contributed by atoms with Gasteiger partial charge in [0.15, 0.2) is 0 Å². The molecule has 6 heteroatoms. The van der Waals surface area contributed by atoms with E-state index in [4.69, 9.17) is 9.47 Å². The van der Waals surface area contributed by atoms with E-state index in [-0.39, 0.29) is 11.6 Å². The first-order chi connectivity index (χ1) is 10.2. The molecule has 0 saturated heterocycles. The van der Waals surface area contributed by atoms with Crippen LogP contribution in [0.5, 0.6) is 5.75 Å². The number of hydrogen-bond donors (Lipinski definition) is 1. The van der Waals surface area contributed by atoms with Crippen LogP contribution in [0.4, 0.5) is 5.82 Å². The minimum atomic E-state index is -0.325. The van der Waals surface area contributed by atoms with Crippen LogP contribution in [0.2, 0.25) is 0 Å². The zero-order chi connectivity index (χ0) is 15.1. The molecule has 2 heterocycles. The molecule has 110 valence electrons. The average Bonchev–Trinajstić information content (AvgIpc) is 2.48. The second-order valence-corrected chi connectivity index (χ2v) is 4.34. The van der Waals surface area contributed by atoms with Crippen LogP contribution in [0.15, 0.2) is 36.5 Å². The number of nitrogens with zero attached hydrogens (tertiary/aromatic N) is 2. The molecule has 0 radical (unpaired) electrons. The third kappa shape index (κ3) is 4.54. The third-order valence-electron chi connectivity index (χ3n) is 2.62. The summed E-state index contributed by atoms with van der Waals surface area (Å²) in [6, 6.07) is 8.66.